The molecule has 0 radical (unpaired) electrons. The van der Waals surface area contributed by atoms with Crippen molar-refractivity contribution >= 4 is 5.91 Å². The van der Waals surface area contributed by atoms with Gasteiger partial charge in [0.2, 0.25) is 5.91 Å². The zero-order valence-corrected chi connectivity index (χ0v) is 12.9. The van der Waals surface area contributed by atoms with Crippen LogP contribution in [0.15, 0.2) is 18.2 Å². The number of hydrogen-bond donors (Lipinski definition) is 2. The van der Waals surface area contributed by atoms with Gasteiger partial charge in [0.1, 0.15) is 5.75 Å². The molecule has 1 aromatic carbocycles. The van der Waals surface area contributed by atoms with Gasteiger partial charge in [0, 0.05) is 6.54 Å². The van der Waals surface area contributed by atoms with Crippen LogP contribution >= 0.6 is 0 Å². The molecule has 21 heavy (non-hydrogen) atoms. The summed E-state index contributed by atoms with van der Waals surface area (Å²) < 4.78 is 5.71. The van der Waals surface area contributed by atoms with Crippen molar-refractivity contribution in [1.82, 2.24) is 5.32 Å². The second-order valence-corrected chi connectivity index (χ2v) is 6.03. The van der Waals surface area contributed by atoms with Gasteiger partial charge in [-0.1, -0.05) is 31.0 Å². The third-order valence-electron chi connectivity index (χ3n) is 4.13. The van der Waals surface area contributed by atoms with Crippen molar-refractivity contribution in [2.75, 3.05) is 13.2 Å². The molecule has 2 N–H and O–H groups in total. The zero-order chi connectivity index (χ0) is 15.3. The van der Waals surface area contributed by atoms with Crippen LogP contribution in [0, 0.1) is 13.8 Å². The third-order valence-corrected chi connectivity index (χ3v) is 4.13. The molecule has 0 unspecified atom stereocenters. The summed E-state index contributed by atoms with van der Waals surface area (Å²) in [7, 11) is 0. The minimum atomic E-state index is -0.691. The molecule has 1 aliphatic rings. The number of benzene rings is 1. The van der Waals surface area contributed by atoms with Gasteiger partial charge in [0.15, 0.2) is 0 Å². The van der Waals surface area contributed by atoms with E-state index in [0.717, 1.165) is 42.6 Å². The van der Waals surface area contributed by atoms with Crippen LogP contribution in [0.2, 0.25) is 0 Å². The Bertz CT molecular complexity index is 473. The molecule has 0 saturated heterocycles. The van der Waals surface area contributed by atoms with E-state index in [1.54, 1.807) is 0 Å². The Morgan fingerprint density at radius 3 is 2.52 bits per heavy atom. The molecule has 0 heterocycles. The number of carbonyl (C=O) groups excluding carboxylic acids is 1. The molecule has 1 aromatic rings. The average molecular weight is 291 g/mol. The maximum atomic E-state index is 11.8. The summed E-state index contributed by atoms with van der Waals surface area (Å²) in [6.45, 7) is 4.71. The first-order chi connectivity index (χ1) is 10.0. The highest BCUT2D eigenvalue weighted by atomic mass is 16.5. The lowest BCUT2D eigenvalue weighted by molar-refractivity contribution is -0.122. The van der Waals surface area contributed by atoms with E-state index in [9.17, 15) is 9.90 Å². The quantitative estimate of drug-likeness (QED) is 0.846. The first-order valence-corrected chi connectivity index (χ1v) is 7.68. The fraction of sp³-hybridized carbons (Fsp3) is 0.588. The van der Waals surface area contributed by atoms with E-state index < -0.39 is 5.60 Å². The van der Waals surface area contributed by atoms with Crippen molar-refractivity contribution in [3.8, 4) is 5.75 Å². The second kappa shape index (κ2) is 6.94. The lowest BCUT2D eigenvalue weighted by atomic mass is 10.0. The number of amides is 1. The average Bonchev–Trinajstić information content (AvgIpc) is 2.87. The Morgan fingerprint density at radius 1 is 1.29 bits per heavy atom. The number of nitrogens with one attached hydrogen (secondary N) is 1. The molecule has 1 saturated carbocycles. The minimum absolute atomic E-state index is 0.0680. The van der Waals surface area contributed by atoms with Gasteiger partial charge in [0.05, 0.1) is 18.6 Å². The van der Waals surface area contributed by atoms with Gasteiger partial charge in [-0.3, -0.25) is 4.79 Å². The first kappa shape index (κ1) is 15.8. The summed E-state index contributed by atoms with van der Waals surface area (Å²) in [5.41, 5.74) is 1.47. The van der Waals surface area contributed by atoms with E-state index in [0.29, 0.717) is 19.6 Å². The Labute approximate surface area is 126 Å². The zero-order valence-electron chi connectivity index (χ0n) is 12.9. The molecular formula is C17H25NO3. The van der Waals surface area contributed by atoms with E-state index in [4.69, 9.17) is 4.74 Å². The van der Waals surface area contributed by atoms with Gasteiger partial charge in [0.25, 0.3) is 0 Å². The van der Waals surface area contributed by atoms with Crippen molar-refractivity contribution in [3.63, 3.8) is 0 Å². The van der Waals surface area contributed by atoms with E-state index in [1.165, 1.54) is 0 Å². The maximum Gasteiger partial charge on any atom is 0.223 e. The van der Waals surface area contributed by atoms with Gasteiger partial charge >= 0.3 is 0 Å². The maximum absolute atomic E-state index is 11.8. The summed E-state index contributed by atoms with van der Waals surface area (Å²) in [5, 5.41) is 13.0. The molecule has 1 amide bonds. The number of carbonyl (C=O) groups is 1. The Kier molecular flexibility index (Phi) is 5.23. The number of aryl methyl sites for hydroxylation is 2. The van der Waals surface area contributed by atoms with Crippen LogP contribution in [0.3, 0.4) is 0 Å². The Morgan fingerprint density at radius 2 is 1.90 bits per heavy atom. The molecule has 116 valence electrons. The Balaban J connectivity index is 1.72. The van der Waals surface area contributed by atoms with E-state index in [-0.39, 0.29) is 5.91 Å². The number of aliphatic hydroxyl groups is 1. The molecule has 0 atom stereocenters. The van der Waals surface area contributed by atoms with Gasteiger partial charge < -0.3 is 15.2 Å². The van der Waals surface area contributed by atoms with Crippen LogP contribution < -0.4 is 10.1 Å². The molecule has 2 rings (SSSR count). The van der Waals surface area contributed by atoms with Crippen LogP contribution in [0.25, 0.3) is 0 Å². The SMILES string of the molecule is Cc1cccc(C)c1OCCC(=O)NCC1(O)CCCC1. The molecule has 1 aliphatic carbocycles. The topological polar surface area (TPSA) is 58.6 Å². The van der Waals surface area contributed by atoms with Gasteiger partial charge in [-0.25, -0.2) is 0 Å². The third kappa shape index (κ3) is 4.46. The van der Waals surface area contributed by atoms with Crippen LogP contribution in [-0.2, 0) is 4.79 Å². The van der Waals surface area contributed by atoms with Crippen molar-refractivity contribution in [1.29, 1.82) is 0 Å². The molecular weight excluding hydrogens is 266 g/mol. The molecule has 0 aliphatic heterocycles. The molecule has 0 aromatic heterocycles. The number of hydrogen-bond acceptors (Lipinski definition) is 3. The summed E-state index contributed by atoms with van der Waals surface area (Å²) in [6, 6.07) is 5.99. The van der Waals surface area contributed by atoms with Gasteiger partial charge in [-0.05, 0) is 37.8 Å². The van der Waals surface area contributed by atoms with Crippen molar-refractivity contribution in [3.05, 3.63) is 29.3 Å². The monoisotopic (exact) mass is 291 g/mol. The van der Waals surface area contributed by atoms with Crippen molar-refractivity contribution in [2.45, 2.75) is 51.6 Å². The second-order valence-electron chi connectivity index (χ2n) is 6.03. The van der Waals surface area contributed by atoms with Crippen LogP contribution in [-0.4, -0.2) is 29.8 Å². The smallest absolute Gasteiger partial charge is 0.223 e. The van der Waals surface area contributed by atoms with Gasteiger partial charge in [-0.15, -0.1) is 0 Å². The number of rotatable bonds is 6. The molecule has 0 bridgehead atoms. The number of ether oxygens (including phenoxy) is 1. The number of para-hydroxylation sites is 1. The normalized spacial score (nSPS) is 16.7. The van der Waals surface area contributed by atoms with Crippen molar-refractivity contribution < 1.29 is 14.6 Å². The lowest BCUT2D eigenvalue weighted by Crippen LogP contribution is -2.41. The largest absolute Gasteiger partial charge is 0.493 e. The van der Waals surface area contributed by atoms with E-state index in [2.05, 4.69) is 5.32 Å². The van der Waals surface area contributed by atoms with Crippen LogP contribution in [0.5, 0.6) is 5.75 Å². The molecule has 0 spiro atoms. The standard InChI is InChI=1S/C17H25NO3/c1-13-6-5-7-14(2)16(13)21-11-8-15(19)18-12-17(20)9-3-4-10-17/h5-7,20H,3-4,8-12H2,1-2H3,(H,18,19). The van der Waals surface area contributed by atoms with Crippen LogP contribution in [0.1, 0.15) is 43.2 Å². The van der Waals surface area contributed by atoms with Crippen molar-refractivity contribution in [2.24, 2.45) is 0 Å². The first-order valence-electron chi connectivity index (χ1n) is 7.68. The van der Waals surface area contributed by atoms with E-state index in [1.807, 2.05) is 32.0 Å². The molecule has 1 fully saturated rings. The lowest BCUT2D eigenvalue weighted by Gasteiger charge is -2.22. The van der Waals surface area contributed by atoms with Crippen LogP contribution in [0.4, 0.5) is 0 Å². The predicted octanol–water partition coefficient (Wildman–Crippen LogP) is 2.49. The highest BCUT2D eigenvalue weighted by Gasteiger charge is 2.31. The summed E-state index contributed by atoms with van der Waals surface area (Å²) >= 11 is 0. The summed E-state index contributed by atoms with van der Waals surface area (Å²) in [4.78, 5) is 11.8. The summed E-state index contributed by atoms with van der Waals surface area (Å²) in [5.74, 6) is 0.793. The fourth-order valence-electron chi connectivity index (χ4n) is 2.83. The Hall–Kier alpha value is -1.55. The molecule has 4 nitrogen and oxygen atoms in total. The predicted molar refractivity (Wildman–Crippen MR) is 82.5 cm³/mol. The fourth-order valence-corrected chi connectivity index (χ4v) is 2.83. The van der Waals surface area contributed by atoms with E-state index >= 15 is 0 Å². The highest BCUT2D eigenvalue weighted by molar-refractivity contribution is 5.76. The highest BCUT2D eigenvalue weighted by Crippen LogP contribution is 2.28. The molecule has 4 heteroatoms. The summed E-state index contributed by atoms with van der Waals surface area (Å²) in [6.07, 6.45) is 3.96. The minimum Gasteiger partial charge on any atom is -0.493 e. The van der Waals surface area contributed by atoms with Gasteiger partial charge in [-0.2, -0.15) is 0 Å².